The fraction of sp³-hybridized carbons (Fsp3) is 0.250. The number of nitrogens with zero attached hydrogens (tertiary/aromatic N) is 1. The Morgan fingerprint density at radius 1 is 1.67 bits per heavy atom. The van der Waals surface area contributed by atoms with Gasteiger partial charge in [-0.1, -0.05) is 11.6 Å². The quantitative estimate of drug-likeness (QED) is 0.841. The first-order valence-corrected chi connectivity index (χ1v) is 4.30. The van der Waals surface area contributed by atoms with E-state index in [0.29, 0.717) is 0 Å². The maximum absolute atomic E-state index is 11.9. The van der Waals surface area contributed by atoms with Gasteiger partial charge in [-0.2, -0.15) is 0 Å². The standard InChI is InChI=1S/C8H7ClF2N2O2/c9-6-4(8(14)15)1-2-12-7(6)13-3-5(10)11/h1-2,5H,3H2,(H,12,13)(H,14,15). The largest absolute Gasteiger partial charge is 0.478 e. The van der Waals surface area contributed by atoms with Crippen molar-refractivity contribution in [3.05, 3.63) is 22.8 Å². The number of aromatic carboxylic acids is 1. The summed E-state index contributed by atoms with van der Waals surface area (Å²) in [6.45, 7) is -0.629. The third-order valence-corrected chi connectivity index (χ3v) is 1.93. The van der Waals surface area contributed by atoms with Crippen LogP contribution in [0.2, 0.25) is 5.02 Å². The second-order valence-corrected chi connectivity index (χ2v) is 2.98. The van der Waals surface area contributed by atoms with Crippen LogP contribution < -0.4 is 5.32 Å². The summed E-state index contributed by atoms with van der Waals surface area (Å²) in [6.07, 6.45) is -1.38. The molecule has 0 atom stereocenters. The van der Waals surface area contributed by atoms with Gasteiger partial charge in [-0.3, -0.25) is 0 Å². The summed E-state index contributed by atoms with van der Waals surface area (Å²) in [4.78, 5) is 14.3. The number of hydrogen-bond acceptors (Lipinski definition) is 3. The van der Waals surface area contributed by atoms with Crippen LogP contribution in [0.5, 0.6) is 0 Å². The molecule has 0 amide bonds. The van der Waals surface area contributed by atoms with Gasteiger partial charge < -0.3 is 10.4 Å². The van der Waals surface area contributed by atoms with Crippen LogP contribution in [-0.2, 0) is 0 Å². The summed E-state index contributed by atoms with van der Waals surface area (Å²) in [5.41, 5.74) is -0.177. The Morgan fingerprint density at radius 2 is 2.33 bits per heavy atom. The molecular weight excluding hydrogens is 230 g/mol. The number of carboxylic acid groups (broad SMARTS) is 1. The first kappa shape index (κ1) is 11.6. The topological polar surface area (TPSA) is 62.2 Å². The van der Waals surface area contributed by atoms with Crippen LogP contribution >= 0.6 is 11.6 Å². The summed E-state index contributed by atoms with van der Waals surface area (Å²) in [5, 5.41) is 10.8. The van der Waals surface area contributed by atoms with Crippen LogP contribution in [0, 0.1) is 0 Å². The third-order valence-electron chi connectivity index (χ3n) is 1.54. The average Bonchev–Trinajstić information content (AvgIpc) is 2.15. The summed E-state index contributed by atoms with van der Waals surface area (Å²) in [7, 11) is 0. The molecule has 4 nitrogen and oxygen atoms in total. The molecule has 0 spiro atoms. The highest BCUT2D eigenvalue weighted by atomic mass is 35.5. The van der Waals surface area contributed by atoms with E-state index in [2.05, 4.69) is 10.3 Å². The molecule has 2 N–H and O–H groups in total. The molecule has 15 heavy (non-hydrogen) atoms. The maximum atomic E-state index is 11.9. The number of hydrogen-bond donors (Lipinski definition) is 2. The SMILES string of the molecule is O=C(O)c1ccnc(NCC(F)F)c1Cl. The monoisotopic (exact) mass is 236 g/mol. The fourth-order valence-electron chi connectivity index (χ4n) is 0.906. The Labute approximate surface area is 88.9 Å². The van der Waals surface area contributed by atoms with Crippen molar-refractivity contribution in [2.45, 2.75) is 6.43 Å². The highest BCUT2D eigenvalue weighted by Crippen LogP contribution is 2.23. The van der Waals surface area contributed by atoms with E-state index in [4.69, 9.17) is 16.7 Å². The highest BCUT2D eigenvalue weighted by Gasteiger charge is 2.13. The van der Waals surface area contributed by atoms with Gasteiger partial charge >= 0.3 is 5.97 Å². The summed E-state index contributed by atoms with van der Waals surface area (Å²) >= 11 is 5.64. The van der Waals surface area contributed by atoms with Crippen LogP contribution in [0.4, 0.5) is 14.6 Å². The predicted molar refractivity (Wildman–Crippen MR) is 50.7 cm³/mol. The number of aromatic nitrogens is 1. The average molecular weight is 237 g/mol. The van der Waals surface area contributed by atoms with Gasteiger partial charge in [-0.25, -0.2) is 18.6 Å². The summed E-state index contributed by atoms with van der Waals surface area (Å²) in [5.74, 6) is -1.29. The molecule has 0 saturated carbocycles. The first-order chi connectivity index (χ1) is 7.02. The number of rotatable bonds is 4. The molecule has 0 fully saturated rings. The molecule has 0 aromatic carbocycles. The van der Waals surface area contributed by atoms with E-state index in [1.807, 2.05) is 0 Å². The van der Waals surface area contributed by atoms with Crippen molar-refractivity contribution in [2.75, 3.05) is 11.9 Å². The molecule has 0 aliphatic rings. The minimum atomic E-state index is -2.56. The zero-order chi connectivity index (χ0) is 11.4. The normalized spacial score (nSPS) is 10.4. The van der Waals surface area contributed by atoms with Gasteiger partial charge in [-0.15, -0.1) is 0 Å². The number of carbonyl (C=O) groups is 1. The van der Waals surface area contributed by atoms with E-state index in [9.17, 15) is 13.6 Å². The molecule has 0 bridgehead atoms. The minimum Gasteiger partial charge on any atom is -0.478 e. The van der Waals surface area contributed by atoms with Crippen LogP contribution in [0.25, 0.3) is 0 Å². The summed E-state index contributed by atoms with van der Waals surface area (Å²) < 4.78 is 23.7. The molecule has 0 aliphatic carbocycles. The van der Waals surface area contributed by atoms with Crippen molar-refractivity contribution in [2.24, 2.45) is 0 Å². The first-order valence-electron chi connectivity index (χ1n) is 3.92. The van der Waals surface area contributed by atoms with E-state index in [1.54, 1.807) is 0 Å². The minimum absolute atomic E-state index is 0.0585. The number of nitrogens with one attached hydrogen (secondary N) is 1. The lowest BCUT2D eigenvalue weighted by Crippen LogP contribution is -2.12. The van der Waals surface area contributed by atoms with Gasteiger partial charge in [-0.05, 0) is 6.07 Å². The maximum Gasteiger partial charge on any atom is 0.337 e. The predicted octanol–water partition coefficient (Wildman–Crippen LogP) is 2.11. The molecule has 0 aliphatic heterocycles. The van der Waals surface area contributed by atoms with E-state index >= 15 is 0 Å². The second kappa shape index (κ2) is 4.88. The zero-order valence-corrected chi connectivity index (χ0v) is 8.13. The van der Waals surface area contributed by atoms with Crippen molar-refractivity contribution in [3.63, 3.8) is 0 Å². The molecule has 1 rings (SSSR count). The lowest BCUT2D eigenvalue weighted by Gasteiger charge is -2.07. The third kappa shape index (κ3) is 3.02. The molecule has 0 radical (unpaired) electrons. The molecule has 7 heteroatoms. The number of pyridine rings is 1. The van der Waals surface area contributed by atoms with Crippen molar-refractivity contribution in [1.82, 2.24) is 4.98 Å². The van der Waals surface area contributed by atoms with E-state index in [1.165, 1.54) is 12.3 Å². The van der Waals surface area contributed by atoms with Crippen molar-refractivity contribution < 1.29 is 18.7 Å². The Bertz CT molecular complexity index is 374. The smallest absolute Gasteiger partial charge is 0.337 e. The molecular formula is C8H7ClF2N2O2. The van der Waals surface area contributed by atoms with Gasteiger partial charge in [0.2, 0.25) is 0 Å². The van der Waals surface area contributed by atoms with Crippen molar-refractivity contribution in [3.8, 4) is 0 Å². The van der Waals surface area contributed by atoms with Gasteiger partial charge in [0.15, 0.2) is 0 Å². The number of halogens is 3. The Kier molecular flexibility index (Phi) is 3.79. The van der Waals surface area contributed by atoms with Gasteiger partial charge in [0.05, 0.1) is 17.1 Å². The zero-order valence-electron chi connectivity index (χ0n) is 7.38. The second-order valence-electron chi connectivity index (χ2n) is 2.60. The molecule has 82 valence electrons. The highest BCUT2D eigenvalue weighted by molar-refractivity contribution is 6.35. The molecule has 1 aromatic rings. The lowest BCUT2D eigenvalue weighted by atomic mass is 10.2. The summed E-state index contributed by atoms with van der Waals surface area (Å²) in [6, 6.07) is 1.19. The Morgan fingerprint density at radius 3 is 2.87 bits per heavy atom. The van der Waals surface area contributed by atoms with Crippen LogP contribution in [0.1, 0.15) is 10.4 Å². The van der Waals surface area contributed by atoms with Crippen molar-refractivity contribution >= 4 is 23.4 Å². The fourth-order valence-corrected chi connectivity index (χ4v) is 1.17. The van der Waals surface area contributed by atoms with Crippen LogP contribution in [0.3, 0.4) is 0 Å². The lowest BCUT2D eigenvalue weighted by molar-refractivity contribution is 0.0697. The number of carboxylic acids is 1. The van der Waals surface area contributed by atoms with E-state index in [-0.39, 0.29) is 16.4 Å². The van der Waals surface area contributed by atoms with E-state index in [0.717, 1.165) is 0 Å². The molecule has 1 aromatic heterocycles. The van der Waals surface area contributed by atoms with Gasteiger partial charge in [0.1, 0.15) is 5.82 Å². The molecule has 0 saturated heterocycles. The van der Waals surface area contributed by atoms with Crippen LogP contribution in [0.15, 0.2) is 12.3 Å². The number of alkyl halides is 2. The Balaban J connectivity index is 2.89. The van der Waals surface area contributed by atoms with Gasteiger partial charge in [0, 0.05) is 6.20 Å². The van der Waals surface area contributed by atoms with Crippen molar-refractivity contribution in [1.29, 1.82) is 0 Å². The number of anilines is 1. The Hall–Kier alpha value is -1.43. The van der Waals surface area contributed by atoms with E-state index < -0.39 is 18.9 Å². The van der Waals surface area contributed by atoms with Gasteiger partial charge in [0.25, 0.3) is 6.43 Å². The molecule has 0 unspecified atom stereocenters. The van der Waals surface area contributed by atoms with Crippen LogP contribution in [-0.4, -0.2) is 29.0 Å². The molecule has 1 heterocycles.